The van der Waals surface area contributed by atoms with Gasteiger partial charge in [-0.05, 0) is 64.0 Å². The van der Waals surface area contributed by atoms with Crippen molar-refractivity contribution in [2.24, 2.45) is 0 Å². The number of para-hydroxylation sites is 1. The minimum absolute atomic E-state index is 0.582. The number of rotatable bonds is 4. The zero-order valence-corrected chi connectivity index (χ0v) is 28.0. The molecular formula is C47H29N5. The molecule has 8 aromatic carbocycles. The molecule has 0 aliphatic heterocycles. The second-order valence-corrected chi connectivity index (χ2v) is 13.3. The topological polar surface area (TPSA) is 48.5 Å². The highest BCUT2D eigenvalue weighted by atomic mass is 15.2. The average Bonchev–Trinajstić information content (AvgIpc) is 3.72. The van der Waals surface area contributed by atoms with Crippen LogP contribution < -0.4 is 0 Å². The Hall–Kier alpha value is -7.11. The number of fused-ring (bicyclic) bond motifs is 9. The zero-order valence-electron chi connectivity index (χ0n) is 28.0. The van der Waals surface area contributed by atoms with Crippen molar-refractivity contribution >= 4 is 65.2 Å². The lowest BCUT2D eigenvalue weighted by Crippen LogP contribution is -2.06. The number of aromatic nitrogens is 5. The second kappa shape index (κ2) is 11.2. The van der Waals surface area contributed by atoms with Gasteiger partial charge in [-0.3, -0.25) is 4.57 Å². The van der Waals surface area contributed by atoms with Gasteiger partial charge in [0.25, 0.3) is 0 Å². The normalized spacial score (nSPS) is 11.8. The fourth-order valence-corrected chi connectivity index (χ4v) is 7.96. The minimum atomic E-state index is 0.582. The van der Waals surface area contributed by atoms with Crippen molar-refractivity contribution in [1.29, 1.82) is 0 Å². The van der Waals surface area contributed by atoms with Crippen LogP contribution in [0.3, 0.4) is 0 Å². The Balaban J connectivity index is 1.23. The second-order valence-electron chi connectivity index (χ2n) is 13.3. The van der Waals surface area contributed by atoms with Gasteiger partial charge in [-0.2, -0.15) is 9.97 Å². The van der Waals surface area contributed by atoms with E-state index in [4.69, 9.17) is 15.0 Å². The van der Waals surface area contributed by atoms with Gasteiger partial charge in [0.05, 0.1) is 22.1 Å². The summed E-state index contributed by atoms with van der Waals surface area (Å²) in [5.74, 6) is 1.85. The van der Waals surface area contributed by atoms with E-state index in [1.54, 1.807) is 0 Å². The number of hydrogen-bond donors (Lipinski definition) is 0. The molecule has 0 bridgehead atoms. The van der Waals surface area contributed by atoms with Crippen LogP contribution >= 0.6 is 0 Å². The molecule has 0 saturated carbocycles. The quantitative estimate of drug-likeness (QED) is 0.188. The molecule has 52 heavy (non-hydrogen) atoms. The van der Waals surface area contributed by atoms with Crippen LogP contribution in [0.5, 0.6) is 0 Å². The summed E-state index contributed by atoms with van der Waals surface area (Å²) < 4.78 is 4.62. The van der Waals surface area contributed by atoms with E-state index >= 15 is 0 Å². The SMILES string of the molecule is c1ccc(-c2nc(-c3ccccc3)nc(-n3c4ccc(-n5c6ccccc6c6c7ccccc7ccc65)cc4c4cc5ccccc5cc43)n2)cc1. The van der Waals surface area contributed by atoms with E-state index in [1.165, 1.54) is 38.0 Å². The van der Waals surface area contributed by atoms with E-state index in [1.807, 2.05) is 36.4 Å². The predicted molar refractivity (Wildman–Crippen MR) is 214 cm³/mol. The molecule has 0 saturated heterocycles. The van der Waals surface area contributed by atoms with E-state index in [2.05, 4.69) is 149 Å². The van der Waals surface area contributed by atoms with Crippen LogP contribution in [0.2, 0.25) is 0 Å². The Morgan fingerprint density at radius 2 is 0.885 bits per heavy atom. The number of nitrogens with zero attached hydrogens (tertiary/aromatic N) is 5. The fourth-order valence-electron chi connectivity index (χ4n) is 7.96. The lowest BCUT2D eigenvalue weighted by molar-refractivity contribution is 0.953. The summed E-state index contributed by atoms with van der Waals surface area (Å²) in [5.41, 5.74) is 7.43. The molecule has 5 nitrogen and oxygen atoms in total. The van der Waals surface area contributed by atoms with Gasteiger partial charge in [-0.25, -0.2) is 4.98 Å². The zero-order chi connectivity index (χ0) is 34.2. The number of benzene rings is 8. The minimum Gasteiger partial charge on any atom is -0.309 e. The molecule has 3 aromatic heterocycles. The van der Waals surface area contributed by atoms with Crippen molar-refractivity contribution in [2.45, 2.75) is 0 Å². The molecule has 0 aliphatic carbocycles. The van der Waals surface area contributed by atoms with E-state index in [-0.39, 0.29) is 0 Å². The molecule has 0 radical (unpaired) electrons. The van der Waals surface area contributed by atoms with E-state index in [9.17, 15) is 0 Å². The Labute approximate surface area is 298 Å². The molecular weight excluding hydrogens is 635 g/mol. The van der Waals surface area contributed by atoms with Gasteiger partial charge < -0.3 is 4.57 Å². The molecule has 0 atom stereocenters. The van der Waals surface area contributed by atoms with Crippen molar-refractivity contribution in [1.82, 2.24) is 24.1 Å². The van der Waals surface area contributed by atoms with Gasteiger partial charge in [-0.15, -0.1) is 0 Å². The van der Waals surface area contributed by atoms with Crippen molar-refractivity contribution in [2.75, 3.05) is 0 Å². The molecule has 0 N–H and O–H groups in total. The summed E-state index contributed by atoms with van der Waals surface area (Å²) in [6.45, 7) is 0. The summed E-state index contributed by atoms with van der Waals surface area (Å²) in [5, 5.41) is 9.65. The average molecular weight is 664 g/mol. The molecule has 5 heteroatoms. The maximum absolute atomic E-state index is 5.17. The molecule has 11 rings (SSSR count). The summed E-state index contributed by atoms with van der Waals surface area (Å²) in [7, 11) is 0. The molecule has 0 fully saturated rings. The summed E-state index contributed by atoms with van der Waals surface area (Å²) in [6, 6.07) is 62.1. The largest absolute Gasteiger partial charge is 0.309 e. The Morgan fingerprint density at radius 3 is 1.62 bits per heavy atom. The maximum Gasteiger partial charge on any atom is 0.238 e. The summed E-state index contributed by atoms with van der Waals surface area (Å²) in [4.78, 5) is 15.3. The first-order valence-corrected chi connectivity index (χ1v) is 17.5. The summed E-state index contributed by atoms with van der Waals surface area (Å²) >= 11 is 0. The van der Waals surface area contributed by atoms with Gasteiger partial charge in [0.1, 0.15) is 0 Å². The van der Waals surface area contributed by atoms with Crippen LogP contribution in [-0.2, 0) is 0 Å². The van der Waals surface area contributed by atoms with Crippen LogP contribution in [0.25, 0.3) is 99.6 Å². The fraction of sp³-hybridized carbons (Fsp3) is 0. The monoisotopic (exact) mass is 663 g/mol. The van der Waals surface area contributed by atoms with Crippen LogP contribution in [0, 0.1) is 0 Å². The third-order valence-corrected chi connectivity index (χ3v) is 10.3. The molecule has 3 heterocycles. The van der Waals surface area contributed by atoms with E-state index < -0.39 is 0 Å². The third kappa shape index (κ3) is 4.33. The predicted octanol–water partition coefficient (Wildman–Crippen LogP) is 11.7. The van der Waals surface area contributed by atoms with Crippen LogP contribution in [0.1, 0.15) is 0 Å². The standard InChI is InChI=1S/C47H29N5/c1-3-14-31(15-4-1)45-48-46(32-16-5-2-6-17-32)50-47(49-45)52-41-26-24-35(29-39(41)38-27-33-18-7-8-19-34(33)28-43(38)52)51-40-22-12-11-21-37(40)44-36-20-10-9-13-30(36)23-25-42(44)51/h1-29H. The first-order chi connectivity index (χ1) is 25.8. The molecule has 242 valence electrons. The highest BCUT2D eigenvalue weighted by Crippen LogP contribution is 2.40. The lowest BCUT2D eigenvalue weighted by atomic mass is 10.0. The Kier molecular flexibility index (Phi) is 6.18. The van der Waals surface area contributed by atoms with Crippen molar-refractivity contribution in [3.05, 3.63) is 176 Å². The van der Waals surface area contributed by atoms with Crippen molar-refractivity contribution in [3.63, 3.8) is 0 Å². The van der Waals surface area contributed by atoms with Crippen LogP contribution in [-0.4, -0.2) is 24.1 Å². The Bertz CT molecular complexity index is 3120. The first kappa shape index (κ1) is 28.7. The van der Waals surface area contributed by atoms with E-state index in [0.717, 1.165) is 44.0 Å². The molecule has 11 aromatic rings. The van der Waals surface area contributed by atoms with Gasteiger partial charge >= 0.3 is 0 Å². The smallest absolute Gasteiger partial charge is 0.238 e. The maximum atomic E-state index is 5.17. The van der Waals surface area contributed by atoms with Gasteiger partial charge in [0, 0.05) is 38.4 Å². The highest BCUT2D eigenvalue weighted by molar-refractivity contribution is 6.21. The van der Waals surface area contributed by atoms with Crippen molar-refractivity contribution in [3.8, 4) is 34.4 Å². The van der Waals surface area contributed by atoms with Crippen molar-refractivity contribution < 1.29 is 0 Å². The van der Waals surface area contributed by atoms with Crippen LogP contribution in [0.15, 0.2) is 176 Å². The lowest BCUT2D eigenvalue weighted by Gasteiger charge is -2.12. The molecule has 0 aliphatic rings. The Morgan fingerprint density at radius 1 is 0.327 bits per heavy atom. The van der Waals surface area contributed by atoms with Gasteiger partial charge in [0.2, 0.25) is 5.95 Å². The first-order valence-electron chi connectivity index (χ1n) is 17.5. The molecule has 0 spiro atoms. The van der Waals surface area contributed by atoms with Crippen LogP contribution in [0.4, 0.5) is 0 Å². The number of hydrogen-bond acceptors (Lipinski definition) is 3. The van der Waals surface area contributed by atoms with Gasteiger partial charge in [-0.1, -0.05) is 133 Å². The van der Waals surface area contributed by atoms with E-state index in [0.29, 0.717) is 17.6 Å². The third-order valence-electron chi connectivity index (χ3n) is 10.3. The van der Waals surface area contributed by atoms with Gasteiger partial charge in [0.15, 0.2) is 11.6 Å². The molecule has 0 unspecified atom stereocenters. The summed E-state index contributed by atoms with van der Waals surface area (Å²) in [6.07, 6.45) is 0. The molecule has 0 amide bonds. The highest BCUT2D eigenvalue weighted by Gasteiger charge is 2.21.